The molecule has 0 unspecified atom stereocenters. The van der Waals surface area contributed by atoms with Crippen LogP contribution < -0.4 is 0 Å². The van der Waals surface area contributed by atoms with E-state index < -0.39 is 0 Å². The predicted molar refractivity (Wildman–Crippen MR) is 102 cm³/mol. The highest BCUT2D eigenvalue weighted by Gasteiger charge is 2.10. The van der Waals surface area contributed by atoms with Crippen LogP contribution in [0.15, 0.2) is 77.7 Å². The molecular formula is C21H19N5O. The number of hydrogen-bond acceptors (Lipinski definition) is 6. The monoisotopic (exact) mass is 357 g/mol. The van der Waals surface area contributed by atoms with E-state index in [2.05, 4.69) is 25.0 Å². The van der Waals surface area contributed by atoms with Gasteiger partial charge in [-0.1, -0.05) is 41.6 Å². The summed E-state index contributed by atoms with van der Waals surface area (Å²) in [6, 6.07) is 17.6. The number of benzene rings is 1. The van der Waals surface area contributed by atoms with Crippen molar-refractivity contribution in [1.82, 2.24) is 25.0 Å². The summed E-state index contributed by atoms with van der Waals surface area (Å²) < 4.78 is 5.46. The van der Waals surface area contributed by atoms with Gasteiger partial charge in [-0.3, -0.25) is 9.88 Å². The first kappa shape index (κ1) is 17.1. The van der Waals surface area contributed by atoms with E-state index in [1.54, 1.807) is 6.20 Å². The Balaban J connectivity index is 1.38. The molecule has 6 nitrogen and oxygen atoms in total. The molecule has 0 radical (unpaired) electrons. The Morgan fingerprint density at radius 1 is 0.889 bits per heavy atom. The van der Waals surface area contributed by atoms with Crippen LogP contribution in [0.25, 0.3) is 22.8 Å². The molecule has 4 aromatic rings. The molecule has 6 heteroatoms. The lowest BCUT2D eigenvalue weighted by atomic mass is 10.1. The maximum absolute atomic E-state index is 5.46. The summed E-state index contributed by atoms with van der Waals surface area (Å²) in [5.41, 5.74) is 3.72. The van der Waals surface area contributed by atoms with Crippen molar-refractivity contribution in [3.05, 3.63) is 84.4 Å². The zero-order valence-electron chi connectivity index (χ0n) is 15.0. The molecule has 0 bridgehead atoms. The van der Waals surface area contributed by atoms with Crippen molar-refractivity contribution in [1.29, 1.82) is 0 Å². The number of pyridine rings is 1. The molecule has 4 rings (SSSR count). The second kappa shape index (κ2) is 7.88. The fourth-order valence-electron chi connectivity index (χ4n) is 2.83. The van der Waals surface area contributed by atoms with Gasteiger partial charge in [0, 0.05) is 48.9 Å². The maximum Gasteiger partial charge on any atom is 0.178 e. The Kier molecular flexibility index (Phi) is 4.98. The minimum absolute atomic E-state index is 0.631. The Hall–Kier alpha value is -3.38. The van der Waals surface area contributed by atoms with Gasteiger partial charge in [0.2, 0.25) is 0 Å². The fraction of sp³-hybridized carbons (Fsp3) is 0.143. The van der Waals surface area contributed by atoms with Crippen LogP contribution in [0.4, 0.5) is 0 Å². The van der Waals surface area contributed by atoms with Gasteiger partial charge >= 0.3 is 0 Å². The topological polar surface area (TPSA) is 67.9 Å². The van der Waals surface area contributed by atoms with E-state index in [1.807, 2.05) is 74.0 Å². The summed E-state index contributed by atoms with van der Waals surface area (Å²) in [5.74, 6) is 1.41. The third-order valence-corrected chi connectivity index (χ3v) is 4.10. The van der Waals surface area contributed by atoms with E-state index in [9.17, 15) is 0 Å². The van der Waals surface area contributed by atoms with Gasteiger partial charge in [0.05, 0.1) is 5.69 Å². The van der Waals surface area contributed by atoms with Gasteiger partial charge in [-0.05, 0) is 19.2 Å². The van der Waals surface area contributed by atoms with E-state index in [0.717, 1.165) is 34.8 Å². The van der Waals surface area contributed by atoms with Crippen molar-refractivity contribution in [2.45, 2.75) is 13.1 Å². The van der Waals surface area contributed by atoms with Crippen LogP contribution in [0, 0.1) is 0 Å². The SMILES string of the molecule is CN(Cc1cnc(-c2ccccn2)nc1)Cc1cc(-c2ccccc2)on1. The van der Waals surface area contributed by atoms with Gasteiger partial charge in [-0.15, -0.1) is 0 Å². The normalized spacial score (nSPS) is 11.0. The molecule has 0 saturated carbocycles. The minimum atomic E-state index is 0.631. The summed E-state index contributed by atoms with van der Waals surface area (Å²) in [7, 11) is 2.03. The van der Waals surface area contributed by atoms with E-state index in [1.165, 1.54) is 0 Å². The van der Waals surface area contributed by atoms with Crippen molar-refractivity contribution in [2.75, 3.05) is 7.05 Å². The van der Waals surface area contributed by atoms with Crippen LogP contribution in [0.2, 0.25) is 0 Å². The molecule has 0 aliphatic heterocycles. The Bertz CT molecular complexity index is 984. The molecule has 3 heterocycles. The fourth-order valence-corrected chi connectivity index (χ4v) is 2.83. The molecule has 0 fully saturated rings. The van der Waals surface area contributed by atoms with E-state index in [4.69, 9.17) is 4.52 Å². The second-order valence-electron chi connectivity index (χ2n) is 6.35. The van der Waals surface area contributed by atoms with Crippen LogP contribution in [0.3, 0.4) is 0 Å². The highest BCUT2D eigenvalue weighted by molar-refractivity contribution is 5.56. The van der Waals surface area contributed by atoms with Crippen molar-refractivity contribution in [3.63, 3.8) is 0 Å². The quantitative estimate of drug-likeness (QED) is 0.522. The summed E-state index contributed by atoms with van der Waals surface area (Å²) in [5, 5.41) is 4.17. The Morgan fingerprint density at radius 3 is 2.41 bits per heavy atom. The van der Waals surface area contributed by atoms with E-state index in [-0.39, 0.29) is 0 Å². The second-order valence-corrected chi connectivity index (χ2v) is 6.35. The average molecular weight is 357 g/mol. The molecule has 0 aliphatic carbocycles. The number of rotatable bonds is 6. The van der Waals surface area contributed by atoms with Crippen LogP contribution in [-0.2, 0) is 13.1 Å². The standard InChI is InChI=1S/C21H19N5O/c1-26(15-18-11-20(27-25-18)17-7-3-2-4-8-17)14-16-12-23-21(24-13-16)19-9-5-6-10-22-19/h2-13H,14-15H2,1H3. The third-order valence-electron chi connectivity index (χ3n) is 4.10. The van der Waals surface area contributed by atoms with Gasteiger partial charge in [-0.2, -0.15) is 0 Å². The first-order valence-electron chi connectivity index (χ1n) is 8.70. The first-order chi connectivity index (χ1) is 13.3. The summed E-state index contributed by atoms with van der Waals surface area (Å²) in [4.78, 5) is 15.3. The summed E-state index contributed by atoms with van der Waals surface area (Å²) in [6.45, 7) is 1.40. The smallest absolute Gasteiger partial charge is 0.178 e. The molecule has 1 aromatic carbocycles. The van der Waals surface area contributed by atoms with E-state index >= 15 is 0 Å². The zero-order valence-corrected chi connectivity index (χ0v) is 15.0. The molecule has 0 saturated heterocycles. The number of aromatic nitrogens is 4. The molecule has 27 heavy (non-hydrogen) atoms. The zero-order chi connectivity index (χ0) is 18.5. The third kappa shape index (κ3) is 4.24. The molecule has 0 aliphatic rings. The predicted octanol–water partition coefficient (Wildman–Crippen LogP) is 3.83. The van der Waals surface area contributed by atoms with Crippen molar-refractivity contribution >= 4 is 0 Å². The molecule has 0 atom stereocenters. The maximum atomic E-state index is 5.46. The molecule has 134 valence electrons. The first-order valence-corrected chi connectivity index (χ1v) is 8.70. The van der Waals surface area contributed by atoms with Gasteiger partial charge in [-0.25, -0.2) is 9.97 Å². The number of hydrogen-bond donors (Lipinski definition) is 0. The molecule has 0 N–H and O–H groups in total. The van der Waals surface area contributed by atoms with Gasteiger partial charge < -0.3 is 4.52 Å². The van der Waals surface area contributed by atoms with Crippen LogP contribution >= 0.6 is 0 Å². The Labute approximate surface area is 157 Å². The average Bonchev–Trinajstić information content (AvgIpc) is 3.18. The molecule has 0 amide bonds. The lowest BCUT2D eigenvalue weighted by Gasteiger charge is -2.14. The van der Waals surface area contributed by atoms with Crippen molar-refractivity contribution in [2.24, 2.45) is 0 Å². The van der Waals surface area contributed by atoms with Gasteiger partial charge in [0.25, 0.3) is 0 Å². The van der Waals surface area contributed by atoms with Gasteiger partial charge in [0.1, 0.15) is 5.69 Å². The van der Waals surface area contributed by atoms with Crippen molar-refractivity contribution in [3.8, 4) is 22.8 Å². The molecular weight excluding hydrogens is 338 g/mol. The van der Waals surface area contributed by atoms with E-state index in [0.29, 0.717) is 12.4 Å². The van der Waals surface area contributed by atoms with Crippen LogP contribution in [0.1, 0.15) is 11.3 Å². The van der Waals surface area contributed by atoms with Crippen LogP contribution in [-0.4, -0.2) is 32.1 Å². The van der Waals surface area contributed by atoms with Gasteiger partial charge in [0.15, 0.2) is 11.6 Å². The van der Waals surface area contributed by atoms with Crippen molar-refractivity contribution < 1.29 is 4.52 Å². The molecule has 0 spiro atoms. The summed E-state index contributed by atoms with van der Waals surface area (Å²) in [6.07, 6.45) is 5.42. The van der Waals surface area contributed by atoms with Crippen LogP contribution in [0.5, 0.6) is 0 Å². The largest absolute Gasteiger partial charge is 0.356 e. The highest BCUT2D eigenvalue weighted by atomic mass is 16.5. The minimum Gasteiger partial charge on any atom is -0.356 e. The highest BCUT2D eigenvalue weighted by Crippen LogP contribution is 2.20. The number of nitrogens with zero attached hydrogens (tertiary/aromatic N) is 5. The molecule has 3 aromatic heterocycles. The summed E-state index contributed by atoms with van der Waals surface area (Å²) >= 11 is 0. The lowest BCUT2D eigenvalue weighted by molar-refractivity contribution is 0.304. The Morgan fingerprint density at radius 2 is 1.67 bits per heavy atom. The lowest BCUT2D eigenvalue weighted by Crippen LogP contribution is -2.17.